The molecule has 0 aromatic heterocycles. The van der Waals surface area contributed by atoms with Crippen molar-refractivity contribution in [1.29, 1.82) is 0 Å². The molecule has 1 aromatic rings. The van der Waals surface area contributed by atoms with Crippen molar-refractivity contribution in [2.75, 3.05) is 6.54 Å². The first-order valence-corrected chi connectivity index (χ1v) is 8.12. The third-order valence-corrected chi connectivity index (χ3v) is 4.40. The van der Waals surface area contributed by atoms with E-state index in [1.54, 1.807) is 0 Å². The van der Waals surface area contributed by atoms with Crippen LogP contribution in [0.1, 0.15) is 58.6 Å². The van der Waals surface area contributed by atoms with Crippen LogP contribution in [0.25, 0.3) is 0 Å². The summed E-state index contributed by atoms with van der Waals surface area (Å²) < 4.78 is 6.03. The number of nitrogens with one attached hydrogen (secondary N) is 1. The summed E-state index contributed by atoms with van der Waals surface area (Å²) in [6.45, 7) is 9.78. The second-order valence-electron chi connectivity index (χ2n) is 6.31. The van der Waals surface area contributed by atoms with Gasteiger partial charge in [-0.15, -0.1) is 0 Å². The zero-order valence-corrected chi connectivity index (χ0v) is 13.4. The van der Waals surface area contributed by atoms with E-state index in [0.29, 0.717) is 6.04 Å². The lowest BCUT2D eigenvalue weighted by atomic mass is 9.85. The third kappa shape index (κ3) is 3.54. The summed E-state index contributed by atoms with van der Waals surface area (Å²) in [4.78, 5) is 0. The number of hydrogen-bond donors (Lipinski definition) is 1. The molecule has 3 atom stereocenters. The van der Waals surface area contributed by atoms with Crippen molar-refractivity contribution >= 4 is 0 Å². The molecule has 2 rings (SSSR count). The van der Waals surface area contributed by atoms with Crippen LogP contribution in [-0.4, -0.2) is 12.6 Å². The highest BCUT2D eigenvalue weighted by atomic mass is 16.5. The molecular formula is C18H29NO. The van der Waals surface area contributed by atoms with Crippen molar-refractivity contribution in [2.45, 2.75) is 59.1 Å². The van der Waals surface area contributed by atoms with Gasteiger partial charge in [-0.1, -0.05) is 44.9 Å². The van der Waals surface area contributed by atoms with Gasteiger partial charge in [-0.25, -0.2) is 0 Å². The summed E-state index contributed by atoms with van der Waals surface area (Å²) >= 11 is 0. The Bertz CT molecular complexity index is 416. The molecule has 1 saturated carbocycles. The lowest BCUT2D eigenvalue weighted by Gasteiger charge is -2.30. The van der Waals surface area contributed by atoms with Crippen molar-refractivity contribution in [3.05, 3.63) is 29.8 Å². The van der Waals surface area contributed by atoms with Crippen LogP contribution in [0.15, 0.2) is 24.3 Å². The Labute approximate surface area is 123 Å². The minimum Gasteiger partial charge on any atom is -0.491 e. The highest BCUT2D eigenvalue weighted by Crippen LogP contribution is 2.42. The highest BCUT2D eigenvalue weighted by molar-refractivity contribution is 5.36. The second-order valence-corrected chi connectivity index (χ2v) is 6.31. The van der Waals surface area contributed by atoms with E-state index in [4.69, 9.17) is 4.74 Å². The number of rotatable bonds is 6. The number of para-hydroxylation sites is 1. The van der Waals surface area contributed by atoms with Gasteiger partial charge in [0.15, 0.2) is 0 Å². The Morgan fingerprint density at radius 2 is 2.00 bits per heavy atom. The van der Waals surface area contributed by atoms with E-state index in [9.17, 15) is 0 Å². The van der Waals surface area contributed by atoms with E-state index in [-0.39, 0.29) is 6.10 Å². The van der Waals surface area contributed by atoms with Gasteiger partial charge in [-0.3, -0.25) is 0 Å². The van der Waals surface area contributed by atoms with Crippen molar-refractivity contribution in [3.63, 3.8) is 0 Å². The third-order valence-electron chi connectivity index (χ3n) is 4.40. The molecule has 0 amide bonds. The average Bonchev–Trinajstić information content (AvgIpc) is 2.82. The van der Waals surface area contributed by atoms with Gasteiger partial charge >= 0.3 is 0 Å². The monoisotopic (exact) mass is 275 g/mol. The molecule has 1 aromatic carbocycles. The van der Waals surface area contributed by atoms with E-state index in [1.807, 2.05) is 0 Å². The molecule has 3 unspecified atom stereocenters. The fourth-order valence-electron chi connectivity index (χ4n) is 3.48. The molecule has 1 N–H and O–H groups in total. The van der Waals surface area contributed by atoms with Crippen LogP contribution in [0.4, 0.5) is 0 Å². The summed E-state index contributed by atoms with van der Waals surface area (Å²) in [5, 5.41) is 3.70. The van der Waals surface area contributed by atoms with Gasteiger partial charge in [0.2, 0.25) is 0 Å². The summed E-state index contributed by atoms with van der Waals surface area (Å²) in [5.41, 5.74) is 1.34. The van der Waals surface area contributed by atoms with Crippen LogP contribution >= 0.6 is 0 Å². The maximum Gasteiger partial charge on any atom is 0.124 e. The normalized spacial score (nSPS) is 24.1. The fraction of sp³-hybridized carbons (Fsp3) is 0.667. The topological polar surface area (TPSA) is 21.3 Å². The first-order chi connectivity index (χ1) is 9.63. The van der Waals surface area contributed by atoms with Crippen LogP contribution in [0.2, 0.25) is 0 Å². The van der Waals surface area contributed by atoms with E-state index in [2.05, 4.69) is 57.3 Å². The molecule has 1 aliphatic rings. The number of ether oxygens (including phenoxy) is 1. The number of benzene rings is 1. The summed E-state index contributed by atoms with van der Waals surface area (Å²) in [5.74, 6) is 2.57. The molecule has 2 heteroatoms. The van der Waals surface area contributed by atoms with E-state index in [0.717, 1.165) is 24.1 Å². The summed E-state index contributed by atoms with van der Waals surface area (Å²) in [6, 6.07) is 8.97. The van der Waals surface area contributed by atoms with Gasteiger partial charge in [0.05, 0.1) is 6.10 Å². The first kappa shape index (κ1) is 15.4. The number of hydrogen-bond acceptors (Lipinski definition) is 2. The Morgan fingerprint density at radius 3 is 2.60 bits per heavy atom. The Morgan fingerprint density at radius 1 is 1.25 bits per heavy atom. The van der Waals surface area contributed by atoms with Gasteiger partial charge in [0.1, 0.15) is 5.75 Å². The van der Waals surface area contributed by atoms with Crippen molar-refractivity contribution in [3.8, 4) is 5.75 Å². The standard InChI is InChI=1S/C18H29NO/c1-5-19-18(15-11-8-9-14(15)4)16-10-6-7-12-17(16)20-13(2)3/h6-7,10,12-15,18-19H,5,8-9,11H2,1-4H3. The Balaban J connectivity index is 2.28. The van der Waals surface area contributed by atoms with Gasteiger partial charge in [0.25, 0.3) is 0 Å². The zero-order valence-electron chi connectivity index (χ0n) is 13.4. The molecule has 20 heavy (non-hydrogen) atoms. The van der Waals surface area contributed by atoms with Gasteiger partial charge in [-0.05, 0) is 44.7 Å². The van der Waals surface area contributed by atoms with Gasteiger partial charge < -0.3 is 10.1 Å². The Hall–Kier alpha value is -1.02. The molecule has 0 spiro atoms. The van der Waals surface area contributed by atoms with E-state index >= 15 is 0 Å². The lowest BCUT2D eigenvalue weighted by molar-refractivity contribution is 0.229. The zero-order chi connectivity index (χ0) is 14.5. The molecule has 0 heterocycles. The predicted molar refractivity (Wildman–Crippen MR) is 85.1 cm³/mol. The lowest BCUT2D eigenvalue weighted by Crippen LogP contribution is -2.30. The summed E-state index contributed by atoms with van der Waals surface area (Å²) in [7, 11) is 0. The minimum atomic E-state index is 0.222. The van der Waals surface area contributed by atoms with Gasteiger partial charge in [0, 0.05) is 11.6 Å². The molecule has 1 aliphatic carbocycles. The molecule has 0 bridgehead atoms. The highest BCUT2D eigenvalue weighted by Gasteiger charge is 2.32. The maximum absolute atomic E-state index is 6.03. The fourth-order valence-corrected chi connectivity index (χ4v) is 3.48. The van der Waals surface area contributed by atoms with E-state index < -0.39 is 0 Å². The minimum absolute atomic E-state index is 0.222. The molecule has 0 radical (unpaired) electrons. The van der Waals surface area contributed by atoms with Crippen molar-refractivity contribution < 1.29 is 4.74 Å². The summed E-state index contributed by atoms with van der Waals surface area (Å²) in [6.07, 6.45) is 4.27. The SMILES string of the molecule is CCNC(c1ccccc1OC(C)C)C1CCCC1C. The smallest absolute Gasteiger partial charge is 0.124 e. The first-order valence-electron chi connectivity index (χ1n) is 8.12. The second kappa shape index (κ2) is 7.12. The molecular weight excluding hydrogens is 246 g/mol. The van der Waals surface area contributed by atoms with Crippen molar-refractivity contribution in [1.82, 2.24) is 5.32 Å². The Kier molecular flexibility index (Phi) is 5.47. The largest absolute Gasteiger partial charge is 0.491 e. The molecule has 1 fully saturated rings. The van der Waals surface area contributed by atoms with Gasteiger partial charge in [-0.2, -0.15) is 0 Å². The molecule has 2 nitrogen and oxygen atoms in total. The van der Waals surface area contributed by atoms with Crippen molar-refractivity contribution in [2.24, 2.45) is 11.8 Å². The van der Waals surface area contributed by atoms with Crippen LogP contribution in [0.5, 0.6) is 5.75 Å². The quantitative estimate of drug-likeness (QED) is 0.821. The van der Waals surface area contributed by atoms with Crippen LogP contribution in [0.3, 0.4) is 0 Å². The van der Waals surface area contributed by atoms with Crippen LogP contribution < -0.4 is 10.1 Å². The molecule has 112 valence electrons. The average molecular weight is 275 g/mol. The molecule has 0 aliphatic heterocycles. The maximum atomic E-state index is 6.03. The van der Waals surface area contributed by atoms with Crippen LogP contribution in [0, 0.1) is 11.8 Å². The predicted octanol–water partition coefficient (Wildman–Crippen LogP) is 4.56. The van der Waals surface area contributed by atoms with Crippen LogP contribution in [-0.2, 0) is 0 Å². The molecule has 0 saturated heterocycles. The van der Waals surface area contributed by atoms with E-state index in [1.165, 1.54) is 24.8 Å².